The summed E-state index contributed by atoms with van der Waals surface area (Å²) < 4.78 is 42.3. The van der Waals surface area contributed by atoms with Crippen molar-refractivity contribution in [2.24, 2.45) is 11.5 Å². The molecule has 2 aromatic rings. The molecule has 0 aliphatic carbocycles. The number of primary amides is 1. The first kappa shape index (κ1) is 23.1. The largest absolute Gasteiger partial charge is 0.573 e. The van der Waals surface area contributed by atoms with E-state index in [2.05, 4.69) is 9.72 Å². The van der Waals surface area contributed by atoms with E-state index < -0.39 is 35.9 Å². The van der Waals surface area contributed by atoms with Crippen LogP contribution in [0.2, 0.25) is 0 Å². The summed E-state index contributed by atoms with van der Waals surface area (Å²) >= 11 is 0. The van der Waals surface area contributed by atoms with Crippen LogP contribution in [-0.4, -0.2) is 56.3 Å². The molecule has 5 N–H and O–H groups in total. The smallest absolute Gasteiger partial charge is 0.477 e. The molecule has 172 valence electrons. The summed E-state index contributed by atoms with van der Waals surface area (Å²) in [7, 11) is 0. The van der Waals surface area contributed by atoms with Gasteiger partial charge in [0, 0.05) is 25.1 Å². The molecular weight excluding hydrogens is 435 g/mol. The van der Waals surface area contributed by atoms with Crippen LogP contribution in [0.25, 0.3) is 11.3 Å². The number of alkyl halides is 3. The SMILES string of the molecule is NC(=O)CC[C@H](N)C(=O)N1CCn2c(nc(-c3ccc(OC(F)(F)F)cc3)c2C(=O)O)C1. The average molecular weight is 455 g/mol. The molecule has 0 unspecified atom stereocenters. The zero-order chi connectivity index (χ0) is 23.6. The highest BCUT2D eigenvalue weighted by Gasteiger charge is 2.32. The van der Waals surface area contributed by atoms with Crippen LogP contribution >= 0.6 is 0 Å². The molecule has 0 radical (unpaired) electrons. The van der Waals surface area contributed by atoms with E-state index in [1.165, 1.54) is 21.6 Å². The number of nitrogens with zero attached hydrogens (tertiary/aromatic N) is 3. The van der Waals surface area contributed by atoms with Gasteiger partial charge in [-0.15, -0.1) is 13.2 Å². The molecule has 1 aliphatic heterocycles. The Bertz CT molecular complexity index is 1040. The number of carboxylic acids is 1. The van der Waals surface area contributed by atoms with E-state index in [-0.39, 0.29) is 55.3 Å². The van der Waals surface area contributed by atoms with E-state index in [9.17, 15) is 32.7 Å². The number of imidazole rings is 1. The fourth-order valence-corrected chi connectivity index (χ4v) is 3.41. The predicted molar refractivity (Wildman–Crippen MR) is 103 cm³/mol. The molecule has 1 aromatic heterocycles. The van der Waals surface area contributed by atoms with Gasteiger partial charge in [-0.2, -0.15) is 0 Å². The van der Waals surface area contributed by atoms with Crippen molar-refractivity contribution in [2.75, 3.05) is 6.54 Å². The molecule has 2 heterocycles. The number of benzene rings is 1. The summed E-state index contributed by atoms with van der Waals surface area (Å²) in [6.45, 7) is 0.288. The number of carbonyl (C=O) groups is 3. The van der Waals surface area contributed by atoms with Crippen LogP contribution in [0, 0.1) is 0 Å². The molecule has 0 saturated carbocycles. The molecule has 1 aromatic carbocycles. The highest BCUT2D eigenvalue weighted by Crippen LogP contribution is 2.30. The third-order valence-corrected chi connectivity index (χ3v) is 4.87. The lowest BCUT2D eigenvalue weighted by Crippen LogP contribution is -2.47. The maximum atomic E-state index is 12.6. The Hall–Kier alpha value is -3.61. The summed E-state index contributed by atoms with van der Waals surface area (Å²) in [5.41, 5.74) is 11.1. The van der Waals surface area contributed by atoms with Crippen LogP contribution in [0.3, 0.4) is 0 Å². The van der Waals surface area contributed by atoms with E-state index in [4.69, 9.17) is 11.5 Å². The number of carboxylic acid groups (broad SMARTS) is 1. The Kier molecular flexibility index (Phi) is 6.39. The fourth-order valence-electron chi connectivity index (χ4n) is 3.41. The minimum absolute atomic E-state index is 0.0152. The first-order valence-corrected chi connectivity index (χ1v) is 9.48. The number of halogens is 3. The highest BCUT2D eigenvalue weighted by molar-refractivity contribution is 5.93. The molecule has 3 rings (SSSR count). The minimum Gasteiger partial charge on any atom is -0.477 e. The van der Waals surface area contributed by atoms with Crippen molar-refractivity contribution in [3.63, 3.8) is 0 Å². The first-order valence-electron chi connectivity index (χ1n) is 9.48. The van der Waals surface area contributed by atoms with Crippen molar-refractivity contribution in [1.29, 1.82) is 0 Å². The van der Waals surface area contributed by atoms with E-state index in [1.54, 1.807) is 0 Å². The number of rotatable bonds is 7. The molecule has 10 nitrogen and oxygen atoms in total. The Balaban J connectivity index is 1.84. The lowest BCUT2D eigenvalue weighted by molar-refractivity contribution is -0.274. The van der Waals surface area contributed by atoms with Gasteiger partial charge in [-0.1, -0.05) is 0 Å². The van der Waals surface area contributed by atoms with Crippen LogP contribution < -0.4 is 16.2 Å². The zero-order valence-corrected chi connectivity index (χ0v) is 16.6. The lowest BCUT2D eigenvalue weighted by atomic mass is 10.1. The van der Waals surface area contributed by atoms with Crippen molar-refractivity contribution >= 4 is 17.8 Å². The van der Waals surface area contributed by atoms with E-state index >= 15 is 0 Å². The number of hydrogen-bond donors (Lipinski definition) is 3. The van der Waals surface area contributed by atoms with Gasteiger partial charge in [-0.3, -0.25) is 9.59 Å². The first-order chi connectivity index (χ1) is 15.0. The normalized spacial score (nSPS) is 14.6. The average Bonchev–Trinajstić information content (AvgIpc) is 3.09. The van der Waals surface area contributed by atoms with Crippen molar-refractivity contribution in [3.05, 3.63) is 35.8 Å². The van der Waals surface area contributed by atoms with Gasteiger partial charge >= 0.3 is 12.3 Å². The number of aromatic carboxylic acids is 1. The Labute approximate surface area is 179 Å². The van der Waals surface area contributed by atoms with Crippen LogP contribution in [0.15, 0.2) is 24.3 Å². The monoisotopic (exact) mass is 455 g/mol. The summed E-state index contributed by atoms with van der Waals surface area (Å²) in [4.78, 5) is 41.1. The van der Waals surface area contributed by atoms with Crippen LogP contribution in [-0.2, 0) is 22.7 Å². The minimum atomic E-state index is -4.85. The molecule has 0 saturated heterocycles. The summed E-state index contributed by atoms with van der Waals surface area (Å²) in [5.74, 6) is -2.44. The molecular formula is C19H20F3N5O5. The van der Waals surface area contributed by atoms with Gasteiger partial charge in [0.2, 0.25) is 11.8 Å². The van der Waals surface area contributed by atoms with Crippen LogP contribution in [0.1, 0.15) is 29.2 Å². The number of carbonyl (C=O) groups excluding carboxylic acids is 2. The molecule has 0 bridgehead atoms. The number of amides is 2. The Morgan fingerprint density at radius 1 is 1.19 bits per heavy atom. The Morgan fingerprint density at radius 3 is 2.41 bits per heavy atom. The van der Waals surface area contributed by atoms with Crippen molar-refractivity contribution in [3.8, 4) is 17.0 Å². The highest BCUT2D eigenvalue weighted by atomic mass is 19.4. The van der Waals surface area contributed by atoms with Gasteiger partial charge in [-0.25, -0.2) is 9.78 Å². The van der Waals surface area contributed by atoms with Gasteiger partial charge in [0.25, 0.3) is 0 Å². The maximum Gasteiger partial charge on any atom is 0.573 e. The molecule has 0 spiro atoms. The quantitative estimate of drug-likeness (QED) is 0.564. The third-order valence-electron chi connectivity index (χ3n) is 4.87. The standard InChI is InChI=1S/C19H20F3N5O5/c20-19(21,22)32-11-3-1-10(2-4-11)15-16(18(30)31)27-8-7-26(9-14(27)25-15)17(29)12(23)5-6-13(24)28/h1-4,12H,5-9,23H2,(H2,24,28)(H,30,31)/t12-/m0/s1. The van der Waals surface area contributed by atoms with E-state index in [1.807, 2.05) is 0 Å². The number of nitrogens with two attached hydrogens (primary N) is 2. The summed E-state index contributed by atoms with van der Waals surface area (Å²) in [5, 5.41) is 9.69. The second kappa shape index (κ2) is 8.86. The third kappa shape index (κ3) is 5.17. The molecule has 1 atom stereocenters. The van der Waals surface area contributed by atoms with Gasteiger partial charge < -0.3 is 30.8 Å². The lowest BCUT2D eigenvalue weighted by Gasteiger charge is -2.30. The van der Waals surface area contributed by atoms with Gasteiger partial charge in [-0.05, 0) is 30.7 Å². The van der Waals surface area contributed by atoms with Gasteiger partial charge in [0.1, 0.15) is 17.3 Å². The zero-order valence-electron chi connectivity index (χ0n) is 16.6. The fraction of sp³-hybridized carbons (Fsp3) is 0.368. The molecule has 1 aliphatic rings. The van der Waals surface area contributed by atoms with Crippen molar-refractivity contribution < 1.29 is 37.4 Å². The van der Waals surface area contributed by atoms with Gasteiger partial charge in [0.15, 0.2) is 5.69 Å². The molecule has 32 heavy (non-hydrogen) atoms. The van der Waals surface area contributed by atoms with Crippen LogP contribution in [0.4, 0.5) is 13.2 Å². The van der Waals surface area contributed by atoms with Gasteiger partial charge in [0.05, 0.1) is 12.6 Å². The topological polar surface area (TPSA) is 154 Å². The molecule has 0 fully saturated rings. The second-order valence-electron chi connectivity index (χ2n) is 7.13. The van der Waals surface area contributed by atoms with Crippen LogP contribution in [0.5, 0.6) is 5.75 Å². The number of ether oxygens (including phenoxy) is 1. The van der Waals surface area contributed by atoms with Crippen molar-refractivity contribution in [2.45, 2.75) is 38.3 Å². The van der Waals surface area contributed by atoms with E-state index in [0.717, 1.165) is 12.1 Å². The second-order valence-corrected chi connectivity index (χ2v) is 7.13. The molecule has 2 amide bonds. The van der Waals surface area contributed by atoms with Crippen molar-refractivity contribution in [1.82, 2.24) is 14.5 Å². The molecule has 13 heteroatoms. The number of fused-ring (bicyclic) bond motifs is 1. The number of aromatic nitrogens is 2. The maximum absolute atomic E-state index is 12.6. The summed E-state index contributed by atoms with van der Waals surface area (Å²) in [6.07, 6.45) is -4.82. The number of hydrogen-bond acceptors (Lipinski definition) is 6. The van der Waals surface area contributed by atoms with E-state index in [0.29, 0.717) is 0 Å². The predicted octanol–water partition coefficient (Wildman–Crippen LogP) is 1.08. The Morgan fingerprint density at radius 2 is 1.84 bits per heavy atom. The summed E-state index contributed by atoms with van der Waals surface area (Å²) in [6, 6.07) is 3.71.